The molecule has 0 saturated carbocycles. The summed E-state index contributed by atoms with van der Waals surface area (Å²) < 4.78 is 0. The van der Waals surface area contributed by atoms with E-state index in [4.69, 9.17) is 5.73 Å². The SMILES string of the molecule is NC(CCCc1ccccc1)c1cnc2ccccc2n1. The van der Waals surface area contributed by atoms with E-state index in [0.29, 0.717) is 0 Å². The van der Waals surface area contributed by atoms with Crippen LogP contribution in [0, 0.1) is 0 Å². The van der Waals surface area contributed by atoms with Crippen LogP contribution in [0.1, 0.15) is 30.1 Å². The molecule has 0 bridgehead atoms. The van der Waals surface area contributed by atoms with Crippen LogP contribution in [0.25, 0.3) is 11.0 Å². The van der Waals surface area contributed by atoms with E-state index >= 15 is 0 Å². The number of aromatic nitrogens is 2. The predicted octanol–water partition coefficient (Wildman–Crippen LogP) is 3.65. The molecule has 2 aromatic carbocycles. The summed E-state index contributed by atoms with van der Waals surface area (Å²) >= 11 is 0. The Morgan fingerprint density at radius 1 is 0.905 bits per heavy atom. The van der Waals surface area contributed by atoms with Gasteiger partial charge in [-0.25, -0.2) is 4.98 Å². The van der Waals surface area contributed by atoms with E-state index in [1.54, 1.807) is 6.20 Å². The van der Waals surface area contributed by atoms with Crippen molar-refractivity contribution >= 4 is 11.0 Å². The number of fused-ring (bicyclic) bond motifs is 1. The highest BCUT2D eigenvalue weighted by Gasteiger charge is 2.09. The number of aryl methyl sites for hydroxylation is 1. The van der Waals surface area contributed by atoms with Gasteiger partial charge in [-0.3, -0.25) is 4.98 Å². The zero-order chi connectivity index (χ0) is 14.5. The van der Waals surface area contributed by atoms with Crippen molar-refractivity contribution in [1.82, 2.24) is 9.97 Å². The molecule has 1 aromatic heterocycles. The van der Waals surface area contributed by atoms with Crippen molar-refractivity contribution < 1.29 is 0 Å². The number of nitrogens with zero attached hydrogens (tertiary/aromatic N) is 2. The third kappa shape index (κ3) is 3.44. The van der Waals surface area contributed by atoms with Gasteiger partial charge in [0.15, 0.2) is 0 Å². The lowest BCUT2D eigenvalue weighted by atomic mass is 10.0. The van der Waals surface area contributed by atoms with Gasteiger partial charge in [0.25, 0.3) is 0 Å². The topological polar surface area (TPSA) is 51.8 Å². The minimum atomic E-state index is -0.0502. The second-order valence-electron chi connectivity index (χ2n) is 5.27. The molecule has 2 N–H and O–H groups in total. The summed E-state index contributed by atoms with van der Waals surface area (Å²) in [5.41, 5.74) is 10.3. The van der Waals surface area contributed by atoms with Gasteiger partial charge in [-0.2, -0.15) is 0 Å². The van der Waals surface area contributed by atoms with Crippen molar-refractivity contribution in [2.75, 3.05) is 0 Å². The van der Waals surface area contributed by atoms with Gasteiger partial charge in [0.05, 0.1) is 22.9 Å². The normalized spacial score (nSPS) is 12.4. The molecule has 3 nitrogen and oxygen atoms in total. The number of rotatable bonds is 5. The minimum Gasteiger partial charge on any atom is -0.323 e. The zero-order valence-corrected chi connectivity index (χ0v) is 11.9. The van der Waals surface area contributed by atoms with Crippen LogP contribution >= 0.6 is 0 Å². The highest BCUT2D eigenvalue weighted by atomic mass is 14.8. The molecule has 0 saturated heterocycles. The first kappa shape index (κ1) is 13.7. The monoisotopic (exact) mass is 277 g/mol. The van der Waals surface area contributed by atoms with Crippen molar-refractivity contribution in [3.05, 3.63) is 72.1 Å². The van der Waals surface area contributed by atoms with E-state index in [9.17, 15) is 0 Å². The Kier molecular flexibility index (Phi) is 4.22. The average molecular weight is 277 g/mol. The maximum atomic E-state index is 6.25. The minimum absolute atomic E-state index is 0.0502. The number of para-hydroxylation sites is 2. The van der Waals surface area contributed by atoms with Crippen LogP contribution in [0.2, 0.25) is 0 Å². The van der Waals surface area contributed by atoms with Crippen LogP contribution in [0.3, 0.4) is 0 Å². The molecule has 0 aliphatic carbocycles. The molecule has 1 heterocycles. The molecule has 3 rings (SSSR count). The number of benzene rings is 2. The highest BCUT2D eigenvalue weighted by Crippen LogP contribution is 2.17. The Balaban J connectivity index is 1.62. The molecule has 0 fully saturated rings. The molecule has 106 valence electrons. The summed E-state index contributed by atoms with van der Waals surface area (Å²) in [7, 11) is 0. The first-order valence-electron chi connectivity index (χ1n) is 7.34. The number of nitrogens with two attached hydrogens (primary N) is 1. The highest BCUT2D eigenvalue weighted by molar-refractivity contribution is 5.73. The van der Waals surface area contributed by atoms with Crippen molar-refractivity contribution in [3.8, 4) is 0 Å². The van der Waals surface area contributed by atoms with Gasteiger partial charge in [0.2, 0.25) is 0 Å². The smallest absolute Gasteiger partial charge is 0.0890 e. The molecule has 3 aromatic rings. The summed E-state index contributed by atoms with van der Waals surface area (Å²) in [6, 6.07) is 18.3. The van der Waals surface area contributed by atoms with Crippen LogP contribution in [-0.4, -0.2) is 9.97 Å². The van der Waals surface area contributed by atoms with Crippen LogP contribution in [0.15, 0.2) is 60.8 Å². The molecule has 0 aliphatic heterocycles. The standard InChI is InChI=1S/C18H19N3/c19-15(10-6-9-14-7-2-1-3-8-14)18-13-20-16-11-4-5-12-17(16)21-18/h1-5,7-8,11-13,15H,6,9-10,19H2. The van der Waals surface area contributed by atoms with Gasteiger partial charge < -0.3 is 5.73 Å². The lowest BCUT2D eigenvalue weighted by Crippen LogP contribution is -2.12. The Morgan fingerprint density at radius 2 is 1.62 bits per heavy atom. The van der Waals surface area contributed by atoms with Gasteiger partial charge >= 0.3 is 0 Å². The summed E-state index contributed by atoms with van der Waals surface area (Å²) in [5.74, 6) is 0. The fraction of sp³-hybridized carbons (Fsp3) is 0.222. The molecule has 1 atom stereocenters. The maximum absolute atomic E-state index is 6.25. The quantitative estimate of drug-likeness (QED) is 0.774. The summed E-state index contributed by atoms with van der Waals surface area (Å²) in [5, 5.41) is 0. The summed E-state index contributed by atoms with van der Waals surface area (Å²) in [6.45, 7) is 0. The fourth-order valence-corrected chi connectivity index (χ4v) is 2.47. The van der Waals surface area contributed by atoms with E-state index in [1.165, 1.54) is 5.56 Å². The first-order valence-corrected chi connectivity index (χ1v) is 7.34. The Morgan fingerprint density at radius 3 is 2.43 bits per heavy atom. The van der Waals surface area contributed by atoms with E-state index in [-0.39, 0.29) is 6.04 Å². The Hall–Kier alpha value is -2.26. The molecule has 0 spiro atoms. The van der Waals surface area contributed by atoms with Crippen LogP contribution in [-0.2, 0) is 6.42 Å². The molecule has 0 radical (unpaired) electrons. The average Bonchev–Trinajstić information content (AvgIpc) is 2.55. The van der Waals surface area contributed by atoms with Crippen molar-refractivity contribution in [2.45, 2.75) is 25.3 Å². The van der Waals surface area contributed by atoms with Crippen molar-refractivity contribution in [2.24, 2.45) is 5.73 Å². The maximum Gasteiger partial charge on any atom is 0.0890 e. The molecule has 0 amide bonds. The lowest BCUT2D eigenvalue weighted by molar-refractivity contribution is 0.597. The molecule has 21 heavy (non-hydrogen) atoms. The molecular formula is C18H19N3. The largest absolute Gasteiger partial charge is 0.323 e. The second-order valence-corrected chi connectivity index (χ2v) is 5.27. The predicted molar refractivity (Wildman–Crippen MR) is 85.8 cm³/mol. The number of hydrogen-bond acceptors (Lipinski definition) is 3. The van der Waals surface area contributed by atoms with Crippen LogP contribution in [0.5, 0.6) is 0 Å². The molecular weight excluding hydrogens is 258 g/mol. The Labute approximate surface area is 124 Å². The van der Waals surface area contributed by atoms with E-state index in [2.05, 4.69) is 34.2 Å². The van der Waals surface area contributed by atoms with E-state index in [0.717, 1.165) is 36.0 Å². The number of hydrogen-bond donors (Lipinski definition) is 1. The van der Waals surface area contributed by atoms with Gasteiger partial charge in [0.1, 0.15) is 0 Å². The Bertz CT molecular complexity index is 710. The van der Waals surface area contributed by atoms with Crippen molar-refractivity contribution in [3.63, 3.8) is 0 Å². The van der Waals surface area contributed by atoms with Gasteiger partial charge in [-0.15, -0.1) is 0 Å². The lowest BCUT2D eigenvalue weighted by Gasteiger charge is -2.11. The molecule has 0 aliphatic rings. The van der Waals surface area contributed by atoms with Gasteiger partial charge in [0, 0.05) is 6.04 Å². The summed E-state index contributed by atoms with van der Waals surface area (Å²) in [6.07, 6.45) is 4.83. The van der Waals surface area contributed by atoms with E-state index in [1.807, 2.05) is 30.3 Å². The molecule has 1 unspecified atom stereocenters. The third-order valence-electron chi connectivity index (χ3n) is 3.67. The van der Waals surface area contributed by atoms with E-state index < -0.39 is 0 Å². The summed E-state index contributed by atoms with van der Waals surface area (Å²) in [4.78, 5) is 9.04. The van der Waals surface area contributed by atoms with Crippen molar-refractivity contribution in [1.29, 1.82) is 0 Å². The molecule has 3 heteroatoms. The fourth-order valence-electron chi connectivity index (χ4n) is 2.47. The van der Waals surface area contributed by atoms with Crippen LogP contribution in [0.4, 0.5) is 0 Å². The van der Waals surface area contributed by atoms with Gasteiger partial charge in [-0.05, 0) is 37.0 Å². The van der Waals surface area contributed by atoms with Crippen LogP contribution < -0.4 is 5.73 Å². The third-order valence-corrected chi connectivity index (χ3v) is 3.67. The second kappa shape index (κ2) is 6.46. The zero-order valence-electron chi connectivity index (χ0n) is 11.9. The van der Waals surface area contributed by atoms with Gasteiger partial charge in [-0.1, -0.05) is 42.5 Å². The first-order chi connectivity index (χ1) is 10.3.